The molecule has 0 amide bonds. The van der Waals surface area contributed by atoms with Gasteiger partial charge < -0.3 is 14.2 Å². The zero-order valence-electron chi connectivity index (χ0n) is 23.1. The highest BCUT2D eigenvalue weighted by Crippen LogP contribution is 2.49. The zero-order chi connectivity index (χ0) is 26.5. The van der Waals surface area contributed by atoms with Crippen molar-refractivity contribution in [2.45, 2.75) is 96.7 Å². The summed E-state index contributed by atoms with van der Waals surface area (Å²) in [7, 11) is 0. The Kier molecular flexibility index (Phi) is 9.24. The van der Waals surface area contributed by atoms with Crippen LogP contribution in [0.4, 0.5) is 8.78 Å². The van der Waals surface area contributed by atoms with Gasteiger partial charge in [0.15, 0.2) is 11.5 Å². The Bertz CT molecular complexity index is 1030. The van der Waals surface area contributed by atoms with Crippen LogP contribution in [0.25, 0.3) is 0 Å². The Morgan fingerprint density at radius 2 is 1.21 bits per heavy atom. The van der Waals surface area contributed by atoms with Gasteiger partial charge in [0.2, 0.25) is 11.6 Å². The van der Waals surface area contributed by atoms with Crippen LogP contribution in [-0.4, -0.2) is 19.3 Å². The molecular weight excluding hydrogens is 482 g/mol. The predicted octanol–water partition coefficient (Wildman–Crippen LogP) is 8.84. The maximum absolute atomic E-state index is 14.3. The molecule has 3 saturated carbocycles. The minimum atomic E-state index is -1.00. The van der Waals surface area contributed by atoms with Crippen molar-refractivity contribution in [3.63, 3.8) is 0 Å². The van der Waals surface area contributed by atoms with Gasteiger partial charge in [-0.1, -0.05) is 24.3 Å². The first-order valence-corrected chi connectivity index (χ1v) is 15.0. The summed E-state index contributed by atoms with van der Waals surface area (Å²) in [5.41, 5.74) is 2.34. The summed E-state index contributed by atoms with van der Waals surface area (Å²) in [4.78, 5) is 0. The van der Waals surface area contributed by atoms with Gasteiger partial charge in [-0.05, 0) is 131 Å². The fraction of sp³-hybridized carbons (Fsp3) is 0.636. The van der Waals surface area contributed by atoms with Gasteiger partial charge in [-0.3, -0.25) is 0 Å². The molecule has 5 rings (SSSR count). The Morgan fingerprint density at radius 1 is 0.632 bits per heavy atom. The molecule has 3 aliphatic rings. The summed E-state index contributed by atoms with van der Waals surface area (Å²) in [5.74, 6) is 2.09. The molecule has 2 aromatic rings. The average Bonchev–Trinajstić information content (AvgIpc) is 2.95. The van der Waals surface area contributed by atoms with Gasteiger partial charge in [-0.25, -0.2) is 0 Å². The van der Waals surface area contributed by atoms with E-state index in [0.717, 1.165) is 35.8 Å². The molecule has 0 heterocycles. The second-order valence-electron chi connectivity index (χ2n) is 11.7. The van der Waals surface area contributed by atoms with Crippen molar-refractivity contribution in [1.29, 1.82) is 0 Å². The van der Waals surface area contributed by atoms with E-state index in [2.05, 4.69) is 31.2 Å². The van der Waals surface area contributed by atoms with Crippen molar-refractivity contribution in [3.05, 3.63) is 59.2 Å². The number of hydrogen-bond acceptors (Lipinski definition) is 3. The third-order valence-electron chi connectivity index (χ3n) is 9.60. The Morgan fingerprint density at radius 3 is 1.87 bits per heavy atom. The van der Waals surface area contributed by atoms with E-state index in [1.165, 1.54) is 81.9 Å². The monoisotopic (exact) mass is 526 g/mol. The third-order valence-corrected chi connectivity index (χ3v) is 9.60. The number of ether oxygens (including phenoxy) is 3. The van der Waals surface area contributed by atoms with Crippen molar-refractivity contribution >= 4 is 0 Å². The van der Waals surface area contributed by atoms with E-state index in [0.29, 0.717) is 12.0 Å². The molecule has 208 valence electrons. The van der Waals surface area contributed by atoms with E-state index >= 15 is 0 Å². The SMILES string of the molecule is CCOc1ccc(OCc2ccc(C3CCC(C4CCC5CC(OCC)CCC5C4)CC3)cc2)c(F)c1F. The Balaban J connectivity index is 1.08. The molecular formula is C33H44F2O3. The lowest BCUT2D eigenvalue weighted by atomic mass is 9.62. The van der Waals surface area contributed by atoms with Gasteiger partial charge in [0.25, 0.3) is 0 Å². The highest BCUT2D eigenvalue weighted by molar-refractivity contribution is 5.35. The molecule has 4 atom stereocenters. The summed E-state index contributed by atoms with van der Waals surface area (Å²) >= 11 is 0. The van der Waals surface area contributed by atoms with Gasteiger partial charge in [0, 0.05) is 6.61 Å². The minimum absolute atomic E-state index is 0.0891. The van der Waals surface area contributed by atoms with Crippen LogP contribution in [0.2, 0.25) is 0 Å². The topological polar surface area (TPSA) is 27.7 Å². The summed E-state index contributed by atoms with van der Waals surface area (Å²) in [6.07, 6.45) is 14.0. The smallest absolute Gasteiger partial charge is 0.204 e. The lowest BCUT2D eigenvalue weighted by molar-refractivity contribution is -0.0205. The lowest BCUT2D eigenvalue weighted by Crippen LogP contribution is -2.36. The van der Waals surface area contributed by atoms with Crippen LogP contribution >= 0.6 is 0 Å². The second-order valence-corrected chi connectivity index (χ2v) is 11.7. The standard InChI is InChI=1S/C33H44F2O3/c1-3-36-29-16-15-27-19-26(13-14-28(27)20-29)25-11-9-24(10-12-25)23-7-5-22(6-8-23)21-38-31-18-17-30(37-4-2)32(34)33(31)35/h5-8,17-18,24-29H,3-4,9-16,19-21H2,1-2H3. The van der Waals surface area contributed by atoms with Crippen LogP contribution in [0.15, 0.2) is 36.4 Å². The van der Waals surface area contributed by atoms with Gasteiger partial charge in [-0.2, -0.15) is 8.78 Å². The molecule has 0 aromatic heterocycles. The number of rotatable bonds is 9. The fourth-order valence-corrected chi connectivity index (χ4v) is 7.56. The van der Waals surface area contributed by atoms with Crippen molar-refractivity contribution in [3.8, 4) is 11.5 Å². The van der Waals surface area contributed by atoms with Gasteiger partial charge in [-0.15, -0.1) is 0 Å². The molecule has 2 aromatic carbocycles. The van der Waals surface area contributed by atoms with Crippen LogP contribution < -0.4 is 9.47 Å². The normalized spacial score (nSPS) is 29.5. The molecule has 5 heteroatoms. The van der Waals surface area contributed by atoms with E-state index in [9.17, 15) is 8.78 Å². The quantitative estimate of drug-likeness (QED) is 0.327. The number of halogens is 2. The summed E-state index contributed by atoms with van der Waals surface area (Å²) in [5, 5.41) is 0. The van der Waals surface area contributed by atoms with Gasteiger partial charge >= 0.3 is 0 Å². The number of fused-ring (bicyclic) bond motifs is 1. The largest absolute Gasteiger partial charge is 0.491 e. The molecule has 3 nitrogen and oxygen atoms in total. The van der Waals surface area contributed by atoms with Crippen molar-refractivity contribution in [2.75, 3.05) is 13.2 Å². The first-order valence-electron chi connectivity index (χ1n) is 15.0. The van der Waals surface area contributed by atoms with Crippen molar-refractivity contribution in [1.82, 2.24) is 0 Å². The molecule has 38 heavy (non-hydrogen) atoms. The molecule has 0 bridgehead atoms. The first kappa shape index (κ1) is 27.4. The molecule has 0 spiro atoms. The highest BCUT2D eigenvalue weighted by Gasteiger charge is 2.39. The van der Waals surface area contributed by atoms with E-state index < -0.39 is 11.6 Å². The number of benzene rings is 2. The van der Waals surface area contributed by atoms with Crippen LogP contribution in [0.5, 0.6) is 11.5 Å². The molecule has 0 saturated heterocycles. The van der Waals surface area contributed by atoms with Crippen LogP contribution in [0, 0.1) is 35.3 Å². The van der Waals surface area contributed by atoms with Crippen LogP contribution in [0.1, 0.15) is 95.1 Å². The second kappa shape index (κ2) is 12.8. The molecule has 3 fully saturated rings. The van der Waals surface area contributed by atoms with E-state index in [1.54, 1.807) is 6.92 Å². The Labute approximate surface area is 227 Å². The summed E-state index contributed by atoms with van der Waals surface area (Å²) in [6, 6.07) is 11.3. The number of hydrogen-bond donors (Lipinski definition) is 0. The van der Waals surface area contributed by atoms with E-state index in [4.69, 9.17) is 14.2 Å². The maximum Gasteiger partial charge on any atom is 0.204 e. The molecule has 0 N–H and O–H groups in total. The zero-order valence-corrected chi connectivity index (χ0v) is 23.1. The van der Waals surface area contributed by atoms with Crippen molar-refractivity contribution < 1.29 is 23.0 Å². The van der Waals surface area contributed by atoms with Gasteiger partial charge in [0.1, 0.15) is 6.61 Å². The van der Waals surface area contributed by atoms with E-state index in [-0.39, 0.29) is 24.7 Å². The fourth-order valence-electron chi connectivity index (χ4n) is 7.56. The Hall–Kier alpha value is -2.14. The summed E-state index contributed by atoms with van der Waals surface area (Å²) in [6.45, 7) is 5.19. The highest BCUT2D eigenvalue weighted by atomic mass is 19.2. The van der Waals surface area contributed by atoms with Crippen molar-refractivity contribution in [2.24, 2.45) is 23.7 Å². The first-order chi connectivity index (χ1) is 18.6. The van der Waals surface area contributed by atoms with Gasteiger partial charge in [0.05, 0.1) is 12.7 Å². The maximum atomic E-state index is 14.3. The van der Waals surface area contributed by atoms with E-state index in [1.807, 2.05) is 0 Å². The third kappa shape index (κ3) is 6.35. The summed E-state index contributed by atoms with van der Waals surface area (Å²) < 4.78 is 45.0. The molecule has 0 radical (unpaired) electrons. The molecule has 0 aliphatic heterocycles. The lowest BCUT2D eigenvalue weighted by Gasteiger charge is -2.45. The minimum Gasteiger partial charge on any atom is -0.491 e. The average molecular weight is 527 g/mol. The van der Waals surface area contributed by atoms with Crippen LogP contribution in [-0.2, 0) is 11.3 Å². The molecule has 3 aliphatic carbocycles. The van der Waals surface area contributed by atoms with Crippen LogP contribution in [0.3, 0.4) is 0 Å². The molecule has 4 unspecified atom stereocenters. The predicted molar refractivity (Wildman–Crippen MR) is 147 cm³/mol.